The van der Waals surface area contributed by atoms with E-state index in [0.29, 0.717) is 6.41 Å². The van der Waals surface area contributed by atoms with Crippen LogP contribution in [0.15, 0.2) is 54.6 Å². The molecule has 0 spiro atoms. The number of anilines is 1. The molecule has 2 aromatic carbocycles. The van der Waals surface area contributed by atoms with Crippen LogP contribution < -0.4 is 5.32 Å². The number of hydrogen-bond donors (Lipinski definition) is 3. The number of hydrogen-bond acceptors (Lipinski definition) is 3. The SMILES string of the molecule is O=CNc1ccccc1.Oc1ccccc1O. The molecule has 0 heterocycles. The van der Waals surface area contributed by atoms with Crippen LogP contribution >= 0.6 is 0 Å². The lowest BCUT2D eigenvalue weighted by Crippen LogP contribution is -1.91. The zero-order chi connectivity index (χ0) is 12.5. The number of phenols is 2. The monoisotopic (exact) mass is 231 g/mol. The van der Waals surface area contributed by atoms with E-state index >= 15 is 0 Å². The highest BCUT2D eigenvalue weighted by atomic mass is 16.3. The molecule has 2 rings (SSSR count). The maximum atomic E-state index is 9.86. The Morgan fingerprint density at radius 3 is 1.71 bits per heavy atom. The minimum atomic E-state index is -0.0764. The summed E-state index contributed by atoms with van der Waals surface area (Å²) in [6.45, 7) is 0. The summed E-state index contributed by atoms with van der Waals surface area (Å²) in [4.78, 5) is 9.86. The van der Waals surface area contributed by atoms with Crippen molar-refractivity contribution in [1.29, 1.82) is 0 Å². The van der Waals surface area contributed by atoms with Crippen molar-refractivity contribution in [2.45, 2.75) is 0 Å². The highest BCUT2D eigenvalue weighted by molar-refractivity contribution is 5.70. The van der Waals surface area contributed by atoms with Gasteiger partial charge in [-0.1, -0.05) is 30.3 Å². The maximum absolute atomic E-state index is 9.86. The molecule has 0 fully saturated rings. The Hall–Kier alpha value is -2.49. The van der Waals surface area contributed by atoms with Gasteiger partial charge in [-0.3, -0.25) is 4.79 Å². The van der Waals surface area contributed by atoms with E-state index in [4.69, 9.17) is 10.2 Å². The minimum absolute atomic E-state index is 0.0764. The number of carbonyl (C=O) groups is 1. The van der Waals surface area contributed by atoms with Gasteiger partial charge >= 0.3 is 0 Å². The average Bonchev–Trinajstić information content (AvgIpc) is 2.36. The summed E-state index contributed by atoms with van der Waals surface area (Å²) < 4.78 is 0. The number of carbonyl (C=O) groups excluding carboxylic acids is 1. The van der Waals surface area contributed by atoms with Gasteiger partial charge < -0.3 is 15.5 Å². The van der Waals surface area contributed by atoms with Gasteiger partial charge in [0.05, 0.1) is 0 Å². The van der Waals surface area contributed by atoms with Crippen molar-refractivity contribution in [2.24, 2.45) is 0 Å². The molecule has 17 heavy (non-hydrogen) atoms. The van der Waals surface area contributed by atoms with Gasteiger partial charge in [0.25, 0.3) is 0 Å². The molecule has 4 nitrogen and oxygen atoms in total. The molecule has 0 atom stereocenters. The van der Waals surface area contributed by atoms with E-state index in [2.05, 4.69) is 5.32 Å². The predicted molar refractivity (Wildman–Crippen MR) is 65.9 cm³/mol. The van der Waals surface area contributed by atoms with E-state index in [1.54, 1.807) is 12.1 Å². The Bertz CT molecular complexity index is 436. The molecule has 2 aromatic rings. The average molecular weight is 231 g/mol. The van der Waals surface area contributed by atoms with Crippen LogP contribution in [0.3, 0.4) is 0 Å². The Labute approximate surface area is 99.2 Å². The Morgan fingerprint density at radius 1 is 0.824 bits per heavy atom. The number of para-hydroxylation sites is 3. The topological polar surface area (TPSA) is 69.6 Å². The van der Waals surface area contributed by atoms with E-state index in [9.17, 15) is 4.79 Å². The Balaban J connectivity index is 0.000000171. The van der Waals surface area contributed by atoms with Crippen molar-refractivity contribution in [2.75, 3.05) is 5.32 Å². The second-order valence-electron chi connectivity index (χ2n) is 3.12. The van der Waals surface area contributed by atoms with Gasteiger partial charge in [-0.25, -0.2) is 0 Å². The zero-order valence-corrected chi connectivity index (χ0v) is 9.08. The molecule has 0 aliphatic heterocycles. The summed E-state index contributed by atoms with van der Waals surface area (Å²) in [6, 6.07) is 15.4. The fourth-order valence-corrected chi connectivity index (χ4v) is 1.07. The normalized spacial score (nSPS) is 8.71. The van der Waals surface area contributed by atoms with Gasteiger partial charge in [0.2, 0.25) is 6.41 Å². The van der Waals surface area contributed by atoms with Crippen LogP contribution in [0.2, 0.25) is 0 Å². The van der Waals surface area contributed by atoms with E-state index in [-0.39, 0.29) is 11.5 Å². The molecule has 0 aromatic heterocycles. The van der Waals surface area contributed by atoms with E-state index < -0.39 is 0 Å². The first kappa shape index (κ1) is 12.6. The highest BCUT2D eigenvalue weighted by Crippen LogP contribution is 2.21. The van der Waals surface area contributed by atoms with Crippen LogP contribution in [0.25, 0.3) is 0 Å². The molecular formula is C13H13NO3. The quantitative estimate of drug-likeness (QED) is 0.549. The predicted octanol–water partition coefficient (Wildman–Crippen LogP) is 2.35. The number of phenolic OH excluding ortho intramolecular Hbond substituents is 2. The number of benzene rings is 2. The second kappa shape index (κ2) is 6.90. The van der Waals surface area contributed by atoms with Crippen molar-refractivity contribution in [3.63, 3.8) is 0 Å². The van der Waals surface area contributed by atoms with Crippen LogP contribution in [-0.4, -0.2) is 16.6 Å². The first-order valence-electron chi connectivity index (χ1n) is 4.96. The number of nitrogens with one attached hydrogen (secondary N) is 1. The first-order valence-corrected chi connectivity index (χ1v) is 4.96. The van der Waals surface area contributed by atoms with Crippen molar-refractivity contribution in [3.8, 4) is 11.5 Å². The molecule has 88 valence electrons. The fraction of sp³-hybridized carbons (Fsp3) is 0. The van der Waals surface area contributed by atoms with Crippen molar-refractivity contribution < 1.29 is 15.0 Å². The van der Waals surface area contributed by atoms with Gasteiger partial charge in [-0.05, 0) is 24.3 Å². The van der Waals surface area contributed by atoms with Crippen molar-refractivity contribution in [3.05, 3.63) is 54.6 Å². The van der Waals surface area contributed by atoms with Gasteiger partial charge in [-0.15, -0.1) is 0 Å². The zero-order valence-electron chi connectivity index (χ0n) is 9.08. The van der Waals surface area contributed by atoms with Crippen LogP contribution in [0.5, 0.6) is 11.5 Å². The molecular weight excluding hydrogens is 218 g/mol. The van der Waals surface area contributed by atoms with Crippen LogP contribution in [0.4, 0.5) is 5.69 Å². The Morgan fingerprint density at radius 2 is 1.29 bits per heavy atom. The molecule has 0 radical (unpaired) electrons. The maximum Gasteiger partial charge on any atom is 0.211 e. The lowest BCUT2D eigenvalue weighted by molar-refractivity contribution is -0.105. The number of amides is 1. The lowest BCUT2D eigenvalue weighted by Gasteiger charge is -1.93. The number of aromatic hydroxyl groups is 2. The summed E-state index contributed by atoms with van der Waals surface area (Å²) >= 11 is 0. The standard InChI is InChI=1S/C7H7NO.C6H6O2/c9-6-8-7-4-2-1-3-5-7;7-5-3-1-2-4-6(5)8/h1-6H,(H,8,9);1-4,7-8H. The third-order valence-electron chi connectivity index (χ3n) is 1.88. The molecule has 0 unspecified atom stereocenters. The Kier molecular flexibility index (Phi) is 5.10. The highest BCUT2D eigenvalue weighted by Gasteiger charge is 1.90. The largest absolute Gasteiger partial charge is 0.504 e. The summed E-state index contributed by atoms with van der Waals surface area (Å²) in [5.74, 6) is -0.153. The van der Waals surface area contributed by atoms with Crippen LogP contribution in [-0.2, 0) is 4.79 Å². The molecule has 0 aliphatic carbocycles. The summed E-state index contributed by atoms with van der Waals surface area (Å²) in [5.41, 5.74) is 0.826. The van der Waals surface area contributed by atoms with E-state index in [1.165, 1.54) is 12.1 Å². The molecule has 0 saturated heterocycles. The second-order valence-corrected chi connectivity index (χ2v) is 3.12. The van der Waals surface area contributed by atoms with Gasteiger partial charge in [-0.2, -0.15) is 0 Å². The fourth-order valence-electron chi connectivity index (χ4n) is 1.07. The van der Waals surface area contributed by atoms with Crippen LogP contribution in [0, 0.1) is 0 Å². The van der Waals surface area contributed by atoms with E-state index in [0.717, 1.165) is 5.69 Å². The molecule has 1 amide bonds. The summed E-state index contributed by atoms with van der Waals surface area (Å²) in [6.07, 6.45) is 0.662. The smallest absolute Gasteiger partial charge is 0.211 e. The van der Waals surface area contributed by atoms with Crippen molar-refractivity contribution in [1.82, 2.24) is 0 Å². The summed E-state index contributed by atoms with van der Waals surface area (Å²) in [7, 11) is 0. The lowest BCUT2D eigenvalue weighted by atomic mass is 10.3. The summed E-state index contributed by atoms with van der Waals surface area (Å²) in [5, 5.41) is 19.9. The minimum Gasteiger partial charge on any atom is -0.504 e. The van der Waals surface area contributed by atoms with Gasteiger partial charge in [0, 0.05) is 5.69 Å². The third kappa shape index (κ3) is 4.70. The molecule has 0 saturated carbocycles. The molecule has 0 aliphatic rings. The van der Waals surface area contributed by atoms with Crippen LogP contribution in [0.1, 0.15) is 0 Å². The number of rotatable bonds is 2. The third-order valence-corrected chi connectivity index (χ3v) is 1.88. The molecule has 4 heteroatoms. The van der Waals surface area contributed by atoms with Gasteiger partial charge in [0.15, 0.2) is 11.5 Å². The van der Waals surface area contributed by atoms with Gasteiger partial charge in [0.1, 0.15) is 0 Å². The first-order chi connectivity index (χ1) is 8.24. The molecule has 3 N–H and O–H groups in total. The van der Waals surface area contributed by atoms with Crippen molar-refractivity contribution >= 4 is 12.1 Å². The van der Waals surface area contributed by atoms with E-state index in [1.807, 2.05) is 30.3 Å². The molecule has 0 bridgehead atoms.